The molecule has 0 saturated heterocycles. The largest absolute Gasteiger partial charge is 0.424 e. The Kier molecular flexibility index (Phi) is 3.84. The summed E-state index contributed by atoms with van der Waals surface area (Å²) in [5.74, 6) is 0.382. The number of ketones is 1. The summed E-state index contributed by atoms with van der Waals surface area (Å²) in [6.45, 7) is 4.10. The molecule has 0 fully saturated rings. The van der Waals surface area contributed by atoms with Crippen LogP contribution in [0.25, 0.3) is 0 Å². The van der Waals surface area contributed by atoms with Crippen LogP contribution < -0.4 is 4.74 Å². The summed E-state index contributed by atoms with van der Waals surface area (Å²) in [6, 6.07) is 10.1. The van der Waals surface area contributed by atoms with Crippen LogP contribution in [0.5, 0.6) is 5.75 Å². The van der Waals surface area contributed by atoms with E-state index in [2.05, 4.69) is 6.92 Å². The van der Waals surface area contributed by atoms with Crippen LogP contribution in [0, 0.1) is 5.92 Å². The molecule has 0 radical (unpaired) electrons. The molecule has 2 aromatic rings. The van der Waals surface area contributed by atoms with Crippen LogP contribution in [0.1, 0.15) is 41.9 Å². The van der Waals surface area contributed by atoms with Crippen molar-refractivity contribution in [3.63, 3.8) is 0 Å². The Morgan fingerprint density at radius 3 is 2.68 bits per heavy atom. The van der Waals surface area contributed by atoms with Crippen molar-refractivity contribution in [1.29, 1.82) is 0 Å². The van der Waals surface area contributed by atoms with Crippen molar-refractivity contribution in [3.05, 3.63) is 53.3 Å². The third kappa shape index (κ3) is 2.82. The van der Waals surface area contributed by atoms with Gasteiger partial charge in [0.25, 0.3) is 0 Å². The minimum atomic E-state index is -0.397. The Bertz CT molecular complexity index is 715. The summed E-state index contributed by atoms with van der Waals surface area (Å²) in [6.07, 6.45) is 3.13. The number of hydrogen-bond donors (Lipinski definition) is 0. The average Bonchev–Trinajstić information content (AvgIpc) is 2.77. The number of aromatic nitrogens is 1. The van der Waals surface area contributed by atoms with Gasteiger partial charge in [-0.1, -0.05) is 37.3 Å². The minimum absolute atomic E-state index is 0.0665. The van der Waals surface area contributed by atoms with Crippen molar-refractivity contribution < 1.29 is 14.3 Å². The van der Waals surface area contributed by atoms with Gasteiger partial charge in [0.05, 0.1) is 5.56 Å². The Balaban J connectivity index is 2.03. The number of ether oxygens (including phenoxy) is 1. The summed E-state index contributed by atoms with van der Waals surface area (Å²) in [5, 5.41) is 0. The summed E-state index contributed by atoms with van der Waals surface area (Å²) in [4.78, 5) is 23.7. The van der Waals surface area contributed by atoms with Crippen molar-refractivity contribution in [3.8, 4) is 5.75 Å². The van der Waals surface area contributed by atoms with E-state index in [-0.39, 0.29) is 5.78 Å². The number of esters is 1. The zero-order chi connectivity index (χ0) is 15.7. The van der Waals surface area contributed by atoms with Crippen LogP contribution in [0.3, 0.4) is 0 Å². The normalized spacial score (nSPS) is 17.2. The maximum atomic E-state index is 12.4. The van der Waals surface area contributed by atoms with Gasteiger partial charge in [-0.3, -0.25) is 9.59 Å². The highest BCUT2D eigenvalue weighted by atomic mass is 16.5. The molecule has 1 unspecified atom stereocenters. The molecule has 1 aliphatic carbocycles. The summed E-state index contributed by atoms with van der Waals surface area (Å²) >= 11 is 0. The second-order valence-electron chi connectivity index (χ2n) is 5.96. The van der Waals surface area contributed by atoms with Gasteiger partial charge in [0, 0.05) is 31.8 Å². The fraction of sp³-hybridized carbons (Fsp3) is 0.333. The average molecular weight is 297 g/mol. The molecule has 3 rings (SSSR count). The standard InChI is InChI=1S/C18H19NO3/c1-12-8-15-18(16(21)9-12)17(22-13(2)20)11-19(15)10-14-6-4-3-5-7-14/h3-7,11-12H,8-10H2,1-2H3. The van der Waals surface area contributed by atoms with Gasteiger partial charge in [0.15, 0.2) is 11.5 Å². The SMILES string of the molecule is CC(=O)Oc1cn(Cc2ccccc2)c2c1C(=O)CC(C)C2. The lowest BCUT2D eigenvalue weighted by Gasteiger charge is -2.20. The third-order valence-corrected chi connectivity index (χ3v) is 3.96. The first-order valence-corrected chi connectivity index (χ1v) is 7.52. The summed E-state index contributed by atoms with van der Waals surface area (Å²) in [5.41, 5.74) is 2.72. The first-order chi connectivity index (χ1) is 10.5. The van der Waals surface area contributed by atoms with Crippen molar-refractivity contribution >= 4 is 11.8 Å². The van der Waals surface area contributed by atoms with Gasteiger partial charge in [-0.2, -0.15) is 0 Å². The Morgan fingerprint density at radius 1 is 1.27 bits per heavy atom. The molecular weight excluding hydrogens is 278 g/mol. The maximum absolute atomic E-state index is 12.4. The topological polar surface area (TPSA) is 48.3 Å². The lowest BCUT2D eigenvalue weighted by Crippen LogP contribution is -2.20. The molecule has 1 atom stereocenters. The lowest BCUT2D eigenvalue weighted by atomic mass is 9.88. The monoisotopic (exact) mass is 297 g/mol. The van der Waals surface area contributed by atoms with E-state index >= 15 is 0 Å². The molecular formula is C18H19NO3. The molecule has 0 spiro atoms. The first-order valence-electron chi connectivity index (χ1n) is 7.52. The quantitative estimate of drug-likeness (QED) is 0.817. The number of benzene rings is 1. The zero-order valence-electron chi connectivity index (χ0n) is 12.8. The fourth-order valence-corrected chi connectivity index (χ4v) is 3.06. The first kappa shape index (κ1) is 14.6. The van der Waals surface area contributed by atoms with Crippen LogP contribution in [-0.2, 0) is 17.8 Å². The molecule has 4 nitrogen and oxygen atoms in total. The maximum Gasteiger partial charge on any atom is 0.308 e. The molecule has 0 saturated carbocycles. The van der Waals surface area contributed by atoms with Gasteiger partial charge < -0.3 is 9.30 Å². The molecule has 1 aliphatic rings. The van der Waals surface area contributed by atoms with Crippen molar-refractivity contribution in [2.45, 2.75) is 33.2 Å². The smallest absolute Gasteiger partial charge is 0.308 e. The minimum Gasteiger partial charge on any atom is -0.424 e. The lowest BCUT2D eigenvalue weighted by molar-refractivity contribution is -0.131. The van der Waals surface area contributed by atoms with Gasteiger partial charge >= 0.3 is 5.97 Å². The molecule has 1 aromatic carbocycles. The number of carbonyl (C=O) groups is 2. The molecule has 1 aromatic heterocycles. The number of carbonyl (C=O) groups excluding carboxylic acids is 2. The van der Waals surface area contributed by atoms with E-state index in [1.54, 1.807) is 6.20 Å². The molecule has 114 valence electrons. The second-order valence-corrected chi connectivity index (χ2v) is 5.96. The zero-order valence-corrected chi connectivity index (χ0v) is 12.8. The molecule has 0 aliphatic heterocycles. The van der Waals surface area contributed by atoms with E-state index in [9.17, 15) is 9.59 Å². The second kappa shape index (κ2) is 5.79. The third-order valence-electron chi connectivity index (χ3n) is 3.96. The number of rotatable bonds is 3. The summed E-state index contributed by atoms with van der Waals surface area (Å²) < 4.78 is 7.29. The number of hydrogen-bond acceptors (Lipinski definition) is 3. The van der Waals surface area contributed by atoms with Crippen LogP contribution in [-0.4, -0.2) is 16.3 Å². The Hall–Kier alpha value is -2.36. The van der Waals surface area contributed by atoms with Crippen LogP contribution in [0.2, 0.25) is 0 Å². The van der Waals surface area contributed by atoms with E-state index in [0.29, 0.717) is 30.2 Å². The van der Waals surface area contributed by atoms with E-state index in [1.165, 1.54) is 6.92 Å². The van der Waals surface area contributed by atoms with E-state index in [1.807, 2.05) is 34.9 Å². The fourth-order valence-electron chi connectivity index (χ4n) is 3.06. The van der Waals surface area contributed by atoms with Crippen LogP contribution in [0.15, 0.2) is 36.5 Å². The van der Waals surface area contributed by atoms with E-state index in [4.69, 9.17) is 4.74 Å². The van der Waals surface area contributed by atoms with Gasteiger partial charge in [0.1, 0.15) is 0 Å². The predicted octanol–water partition coefficient (Wildman–Crippen LogP) is 3.23. The number of fused-ring (bicyclic) bond motifs is 1. The van der Waals surface area contributed by atoms with Crippen LogP contribution in [0.4, 0.5) is 0 Å². The highest BCUT2D eigenvalue weighted by Crippen LogP contribution is 2.34. The number of Topliss-reactive ketones (excluding diaryl/α,β-unsaturated/α-hetero) is 1. The van der Waals surface area contributed by atoms with Crippen LogP contribution >= 0.6 is 0 Å². The molecule has 22 heavy (non-hydrogen) atoms. The van der Waals surface area contributed by atoms with Gasteiger partial charge in [0.2, 0.25) is 0 Å². The highest BCUT2D eigenvalue weighted by molar-refractivity contribution is 6.01. The Morgan fingerprint density at radius 2 is 2.00 bits per heavy atom. The molecule has 4 heteroatoms. The highest BCUT2D eigenvalue weighted by Gasteiger charge is 2.30. The van der Waals surface area contributed by atoms with Gasteiger partial charge in [-0.15, -0.1) is 0 Å². The predicted molar refractivity (Wildman–Crippen MR) is 83.1 cm³/mol. The van der Waals surface area contributed by atoms with Gasteiger partial charge in [-0.25, -0.2) is 0 Å². The van der Waals surface area contributed by atoms with Crippen molar-refractivity contribution in [2.75, 3.05) is 0 Å². The van der Waals surface area contributed by atoms with Crippen molar-refractivity contribution in [1.82, 2.24) is 4.57 Å². The van der Waals surface area contributed by atoms with Crippen molar-refractivity contribution in [2.24, 2.45) is 5.92 Å². The van der Waals surface area contributed by atoms with Gasteiger partial charge in [-0.05, 0) is 17.9 Å². The molecule has 1 heterocycles. The Labute approximate surface area is 129 Å². The van der Waals surface area contributed by atoms with E-state index < -0.39 is 5.97 Å². The molecule has 0 N–H and O–H groups in total. The molecule has 0 amide bonds. The number of nitrogens with zero attached hydrogens (tertiary/aromatic N) is 1. The van der Waals surface area contributed by atoms with E-state index in [0.717, 1.165) is 17.7 Å². The summed E-state index contributed by atoms with van der Waals surface area (Å²) in [7, 11) is 0. The molecule has 0 bridgehead atoms.